The van der Waals surface area contributed by atoms with Crippen LogP contribution in [0.25, 0.3) is 15.5 Å². The number of benzene rings is 1. The zero-order chi connectivity index (χ0) is 15.1. The minimum Gasteiger partial charge on any atom is -0.306 e. The lowest BCUT2D eigenvalue weighted by Crippen LogP contribution is -2.30. The minimum atomic E-state index is 0.469. The van der Waals surface area contributed by atoms with Gasteiger partial charge in [0.1, 0.15) is 5.01 Å². The summed E-state index contributed by atoms with van der Waals surface area (Å²) >= 11 is 3.97. The molecule has 114 valence electrons. The average Bonchev–Trinajstić information content (AvgIpc) is 3.09. The number of fused-ring (bicyclic) bond motifs is 1. The van der Waals surface area contributed by atoms with Crippen LogP contribution in [0.3, 0.4) is 0 Å². The fraction of sp³-hybridized carbons (Fsp3) is 0.400. The van der Waals surface area contributed by atoms with Crippen LogP contribution in [0.5, 0.6) is 0 Å². The van der Waals surface area contributed by atoms with Crippen molar-refractivity contribution in [1.29, 1.82) is 0 Å². The Morgan fingerprint density at radius 2 is 1.95 bits per heavy atom. The Bertz CT molecular complexity index is 803. The second-order valence-electron chi connectivity index (χ2n) is 5.72. The van der Waals surface area contributed by atoms with E-state index in [1.165, 1.54) is 9.13 Å². The molecule has 1 aliphatic rings. The third-order valence-electron chi connectivity index (χ3n) is 4.20. The first-order valence-electron chi connectivity index (χ1n) is 7.38. The first-order valence-corrected chi connectivity index (χ1v) is 9.27. The summed E-state index contributed by atoms with van der Waals surface area (Å²) in [6.45, 7) is 2.24. The van der Waals surface area contributed by atoms with Crippen molar-refractivity contribution in [1.82, 2.24) is 24.7 Å². The number of halogens is 1. The van der Waals surface area contributed by atoms with Gasteiger partial charge in [-0.25, -0.2) is 0 Å². The molecule has 1 aliphatic heterocycles. The SMILES string of the molecule is CN1CCC(c2nnc3sc(-c4ccccc4I)nn23)CC1. The molecule has 0 N–H and O–H groups in total. The topological polar surface area (TPSA) is 46.3 Å². The summed E-state index contributed by atoms with van der Waals surface area (Å²) in [5, 5.41) is 14.6. The Morgan fingerprint density at radius 1 is 1.18 bits per heavy atom. The summed E-state index contributed by atoms with van der Waals surface area (Å²) in [4.78, 5) is 3.26. The quantitative estimate of drug-likeness (QED) is 0.592. The summed E-state index contributed by atoms with van der Waals surface area (Å²) in [5.41, 5.74) is 1.17. The van der Waals surface area contributed by atoms with Crippen molar-refractivity contribution in [2.24, 2.45) is 0 Å². The maximum absolute atomic E-state index is 4.79. The van der Waals surface area contributed by atoms with Gasteiger partial charge in [0.05, 0.1) is 0 Å². The molecule has 22 heavy (non-hydrogen) atoms. The molecule has 0 radical (unpaired) electrons. The van der Waals surface area contributed by atoms with E-state index in [1.807, 2.05) is 4.52 Å². The Hall–Kier alpha value is -1.06. The van der Waals surface area contributed by atoms with Gasteiger partial charge in [0.25, 0.3) is 0 Å². The van der Waals surface area contributed by atoms with Crippen LogP contribution in [0, 0.1) is 3.57 Å². The van der Waals surface area contributed by atoms with Crippen LogP contribution < -0.4 is 0 Å². The lowest BCUT2D eigenvalue weighted by atomic mass is 9.96. The van der Waals surface area contributed by atoms with Gasteiger partial charge in [0.15, 0.2) is 5.82 Å². The maximum atomic E-state index is 4.79. The molecule has 3 aromatic rings. The standard InChI is InChI=1S/C15H16IN5S/c1-20-8-6-10(7-9-20)13-17-18-15-21(13)19-14(22-15)11-4-2-3-5-12(11)16/h2-5,10H,6-9H2,1H3. The van der Waals surface area contributed by atoms with E-state index in [0.717, 1.165) is 41.7 Å². The van der Waals surface area contributed by atoms with Crippen LogP contribution in [0.15, 0.2) is 24.3 Å². The molecule has 1 saturated heterocycles. The molecule has 3 heterocycles. The average molecular weight is 425 g/mol. The largest absolute Gasteiger partial charge is 0.306 e. The van der Waals surface area contributed by atoms with Crippen molar-refractivity contribution >= 4 is 38.9 Å². The zero-order valence-electron chi connectivity index (χ0n) is 12.2. The Morgan fingerprint density at radius 3 is 2.73 bits per heavy atom. The van der Waals surface area contributed by atoms with E-state index in [1.54, 1.807) is 11.3 Å². The molecule has 0 aliphatic carbocycles. The van der Waals surface area contributed by atoms with Crippen LogP contribution in [0.2, 0.25) is 0 Å². The summed E-state index contributed by atoms with van der Waals surface area (Å²) in [7, 11) is 2.17. The van der Waals surface area contributed by atoms with E-state index in [9.17, 15) is 0 Å². The molecule has 0 saturated carbocycles. The molecule has 0 atom stereocenters. The highest BCUT2D eigenvalue weighted by Gasteiger charge is 2.25. The fourth-order valence-electron chi connectivity index (χ4n) is 2.90. The van der Waals surface area contributed by atoms with Crippen LogP contribution >= 0.6 is 33.9 Å². The Balaban J connectivity index is 1.72. The highest BCUT2D eigenvalue weighted by molar-refractivity contribution is 14.1. The molecule has 0 bridgehead atoms. The van der Waals surface area contributed by atoms with Crippen molar-refractivity contribution in [3.05, 3.63) is 33.7 Å². The van der Waals surface area contributed by atoms with E-state index in [2.05, 4.69) is 69.0 Å². The number of aromatic nitrogens is 4. The zero-order valence-corrected chi connectivity index (χ0v) is 15.2. The van der Waals surface area contributed by atoms with Gasteiger partial charge < -0.3 is 4.90 Å². The van der Waals surface area contributed by atoms with Crippen molar-refractivity contribution in [3.63, 3.8) is 0 Å². The number of rotatable bonds is 2. The molecule has 4 rings (SSSR count). The Labute approximate surface area is 146 Å². The van der Waals surface area contributed by atoms with Crippen LogP contribution in [0.4, 0.5) is 0 Å². The molecule has 1 fully saturated rings. The first kappa shape index (κ1) is 14.5. The summed E-state index contributed by atoms with van der Waals surface area (Å²) in [5.74, 6) is 1.49. The molecular weight excluding hydrogens is 409 g/mol. The van der Waals surface area contributed by atoms with E-state index in [0.29, 0.717) is 5.92 Å². The molecule has 1 aromatic carbocycles. The van der Waals surface area contributed by atoms with Crippen molar-refractivity contribution < 1.29 is 0 Å². The lowest BCUT2D eigenvalue weighted by Gasteiger charge is -2.27. The maximum Gasteiger partial charge on any atom is 0.234 e. The number of piperidine rings is 1. The van der Waals surface area contributed by atoms with Crippen LogP contribution in [-0.2, 0) is 0 Å². The normalized spacial score (nSPS) is 17.4. The summed E-state index contributed by atoms with van der Waals surface area (Å²) in [6.07, 6.45) is 2.26. The molecule has 0 amide bonds. The third-order valence-corrected chi connectivity index (χ3v) is 6.08. The highest BCUT2D eigenvalue weighted by Crippen LogP contribution is 2.32. The molecule has 0 unspecified atom stereocenters. The van der Waals surface area contributed by atoms with Gasteiger partial charge in [-0.3, -0.25) is 0 Å². The van der Waals surface area contributed by atoms with E-state index >= 15 is 0 Å². The second-order valence-corrected chi connectivity index (χ2v) is 7.84. The number of likely N-dealkylation sites (tertiary alicyclic amines) is 1. The van der Waals surface area contributed by atoms with Gasteiger partial charge in [-0.1, -0.05) is 29.5 Å². The van der Waals surface area contributed by atoms with Crippen LogP contribution in [-0.4, -0.2) is 44.8 Å². The molecule has 2 aromatic heterocycles. The van der Waals surface area contributed by atoms with Gasteiger partial charge >= 0.3 is 0 Å². The highest BCUT2D eigenvalue weighted by atomic mass is 127. The fourth-order valence-corrected chi connectivity index (χ4v) is 4.61. The summed E-state index contributed by atoms with van der Waals surface area (Å²) in [6, 6.07) is 8.33. The third kappa shape index (κ3) is 2.55. The van der Waals surface area contributed by atoms with E-state index in [-0.39, 0.29) is 0 Å². The van der Waals surface area contributed by atoms with Crippen LogP contribution in [0.1, 0.15) is 24.6 Å². The van der Waals surface area contributed by atoms with Crippen molar-refractivity contribution in [3.8, 4) is 10.6 Å². The van der Waals surface area contributed by atoms with Gasteiger partial charge in [-0.05, 0) is 61.6 Å². The minimum absolute atomic E-state index is 0.469. The van der Waals surface area contributed by atoms with Crippen molar-refractivity contribution in [2.45, 2.75) is 18.8 Å². The second kappa shape index (κ2) is 5.86. The molecule has 5 nitrogen and oxygen atoms in total. The smallest absolute Gasteiger partial charge is 0.234 e. The van der Waals surface area contributed by atoms with Gasteiger partial charge in [-0.2, -0.15) is 9.61 Å². The number of nitrogens with zero attached hydrogens (tertiary/aromatic N) is 5. The molecule has 7 heteroatoms. The molecule has 0 spiro atoms. The van der Waals surface area contributed by atoms with Crippen molar-refractivity contribution in [2.75, 3.05) is 20.1 Å². The van der Waals surface area contributed by atoms with E-state index < -0.39 is 0 Å². The van der Waals surface area contributed by atoms with E-state index in [4.69, 9.17) is 5.10 Å². The lowest BCUT2D eigenvalue weighted by molar-refractivity contribution is 0.250. The number of hydrogen-bond acceptors (Lipinski definition) is 5. The Kier molecular flexibility index (Phi) is 3.87. The predicted molar refractivity (Wildman–Crippen MR) is 96.3 cm³/mol. The van der Waals surface area contributed by atoms with Gasteiger partial charge in [0, 0.05) is 15.1 Å². The summed E-state index contributed by atoms with van der Waals surface area (Å²) < 4.78 is 3.17. The molecular formula is C15H16IN5S. The number of hydrogen-bond donors (Lipinski definition) is 0. The monoisotopic (exact) mass is 425 g/mol. The predicted octanol–water partition coefficient (Wildman–Crippen LogP) is 3.27. The first-order chi connectivity index (χ1) is 10.7. The van der Waals surface area contributed by atoms with Gasteiger partial charge in [-0.15, -0.1) is 10.2 Å². The van der Waals surface area contributed by atoms with Gasteiger partial charge in [0.2, 0.25) is 4.96 Å².